The first-order valence-electron chi connectivity index (χ1n) is 4.78. The molecule has 0 amide bonds. The Morgan fingerprint density at radius 1 is 1.47 bits per heavy atom. The molecule has 1 heterocycles. The molecule has 0 aromatic carbocycles. The largest absolute Gasteiger partial charge is 0.285 e. The van der Waals surface area contributed by atoms with Gasteiger partial charge in [0.25, 0.3) is 0 Å². The van der Waals surface area contributed by atoms with Crippen molar-refractivity contribution < 1.29 is 0 Å². The molecule has 0 spiro atoms. The summed E-state index contributed by atoms with van der Waals surface area (Å²) in [5.41, 5.74) is 0.847. The van der Waals surface area contributed by atoms with E-state index in [0.717, 1.165) is 15.7 Å². The fraction of sp³-hybridized carbons (Fsp3) is 0.364. The number of allylic oxidation sites excluding steroid dienone is 3. The van der Waals surface area contributed by atoms with Crippen LogP contribution < -0.4 is 0 Å². The second-order valence-corrected chi connectivity index (χ2v) is 4.31. The zero-order valence-electron chi connectivity index (χ0n) is 9.27. The smallest absolute Gasteiger partial charge is 0.165 e. The number of hydrogen-bond donors (Lipinski definition) is 0. The Balaban J connectivity index is 2.94. The molecule has 4 heteroatoms. The van der Waals surface area contributed by atoms with Crippen molar-refractivity contribution in [1.29, 1.82) is 0 Å². The number of nitrogens with zero attached hydrogens (tertiary/aromatic N) is 3. The summed E-state index contributed by atoms with van der Waals surface area (Å²) in [6.07, 6.45) is 5.45. The average Bonchev–Trinajstić information content (AvgIpc) is 2.68. The highest BCUT2D eigenvalue weighted by Gasteiger charge is 2.10. The monoisotopic (exact) mass is 221 g/mol. The van der Waals surface area contributed by atoms with Crippen LogP contribution in [0.4, 0.5) is 0 Å². The van der Waals surface area contributed by atoms with Crippen LogP contribution in [0.2, 0.25) is 0 Å². The normalized spacial score (nSPS) is 12.7. The van der Waals surface area contributed by atoms with E-state index in [0.29, 0.717) is 5.92 Å². The van der Waals surface area contributed by atoms with Crippen LogP contribution in [0.1, 0.15) is 29.8 Å². The van der Waals surface area contributed by atoms with Crippen LogP contribution in [0.15, 0.2) is 29.8 Å². The van der Waals surface area contributed by atoms with Gasteiger partial charge in [0.1, 0.15) is 5.01 Å². The maximum Gasteiger partial charge on any atom is 0.165 e. The molecule has 0 atom stereocenters. The Hall–Kier alpha value is -1.29. The molecule has 0 N–H and O–H groups in total. The maximum atomic E-state index is 4.16. The van der Waals surface area contributed by atoms with Crippen LogP contribution in [0.3, 0.4) is 0 Å². The predicted octanol–water partition coefficient (Wildman–Crippen LogP) is 2.82. The lowest BCUT2D eigenvalue weighted by molar-refractivity contribution is 0.824. The highest BCUT2D eigenvalue weighted by Crippen LogP contribution is 2.19. The molecule has 1 rings (SSSR count). The number of hydrogen-bond acceptors (Lipinski definition) is 4. The van der Waals surface area contributed by atoms with Crippen molar-refractivity contribution >= 4 is 17.0 Å². The summed E-state index contributed by atoms with van der Waals surface area (Å²) in [5, 5.41) is 10.1. The van der Waals surface area contributed by atoms with Crippen LogP contribution in [0, 0.1) is 0 Å². The van der Waals surface area contributed by atoms with Gasteiger partial charge >= 0.3 is 0 Å². The summed E-state index contributed by atoms with van der Waals surface area (Å²) in [4.78, 5) is 4.16. The number of aliphatic imine (C=N–C) groups is 1. The fourth-order valence-electron chi connectivity index (χ4n) is 0.972. The molecule has 0 aliphatic heterocycles. The van der Waals surface area contributed by atoms with Gasteiger partial charge < -0.3 is 0 Å². The second kappa shape index (κ2) is 5.56. The summed E-state index contributed by atoms with van der Waals surface area (Å²) in [5.74, 6) is 0.415. The quantitative estimate of drug-likeness (QED) is 0.579. The van der Waals surface area contributed by atoms with Gasteiger partial charge in [0, 0.05) is 13.0 Å². The van der Waals surface area contributed by atoms with Crippen molar-refractivity contribution in [3.63, 3.8) is 0 Å². The highest BCUT2D eigenvalue weighted by molar-refractivity contribution is 7.13. The van der Waals surface area contributed by atoms with Crippen molar-refractivity contribution in [3.05, 3.63) is 34.8 Å². The summed E-state index contributed by atoms with van der Waals surface area (Å²) in [6, 6.07) is 0. The van der Waals surface area contributed by atoms with Crippen LogP contribution in [-0.2, 0) is 0 Å². The van der Waals surface area contributed by atoms with Gasteiger partial charge in [-0.1, -0.05) is 43.9 Å². The van der Waals surface area contributed by atoms with Gasteiger partial charge in [-0.05, 0) is 6.08 Å². The molecule has 0 aliphatic rings. The van der Waals surface area contributed by atoms with E-state index in [1.165, 1.54) is 0 Å². The van der Waals surface area contributed by atoms with E-state index in [-0.39, 0.29) is 0 Å². The van der Waals surface area contributed by atoms with E-state index in [1.807, 2.05) is 12.2 Å². The van der Waals surface area contributed by atoms with Gasteiger partial charge in [0.15, 0.2) is 5.01 Å². The molecule has 80 valence electrons. The molecule has 0 radical (unpaired) electrons. The van der Waals surface area contributed by atoms with Crippen LogP contribution in [0.25, 0.3) is 0 Å². The standard InChI is InChI=1S/C11H15N3S/c1-5-6-7-9(12-4)11-14-13-10(15-11)8(2)3/h5-8H,1H2,2-4H3/b7-6-,12-9?. The van der Waals surface area contributed by atoms with Gasteiger partial charge in [0.2, 0.25) is 0 Å². The summed E-state index contributed by atoms with van der Waals surface area (Å²) in [7, 11) is 1.75. The van der Waals surface area contributed by atoms with Gasteiger partial charge in [-0.3, -0.25) is 4.99 Å². The zero-order chi connectivity index (χ0) is 11.3. The van der Waals surface area contributed by atoms with E-state index in [4.69, 9.17) is 0 Å². The first-order chi connectivity index (χ1) is 7.19. The van der Waals surface area contributed by atoms with E-state index in [1.54, 1.807) is 24.5 Å². The minimum Gasteiger partial charge on any atom is -0.285 e. The molecule has 15 heavy (non-hydrogen) atoms. The molecule has 3 nitrogen and oxygen atoms in total. The molecule has 1 aromatic rings. The van der Waals surface area contributed by atoms with Crippen molar-refractivity contribution in [2.45, 2.75) is 19.8 Å². The van der Waals surface area contributed by atoms with Gasteiger partial charge in [0.05, 0.1) is 5.71 Å². The molecule has 0 saturated carbocycles. The fourth-order valence-corrected chi connectivity index (χ4v) is 1.83. The lowest BCUT2D eigenvalue weighted by atomic mass is 10.2. The Labute approximate surface area is 94.3 Å². The van der Waals surface area contributed by atoms with Crippen molar-refractivity contribution in [2.75, 3.05) is 7.05 Å². The SMILES string of the molecule is C=C/C=C\C(=NC)c1nnc(C(C)C)s1. The maximum absolute atomic E-state index is 4.16. The first-order valence-corrected chi connectivity index (χ1v) is 5.60. The summed E-state index contributed by atoms with van der Waals surface area (Å²) in [6.45, 7) is 7.83. The Kier molecular flexibility index (Phi) is 4.37. The van der Waals surface area contributed by atoms with Crippen LogP contribution in [-0.4, -0.2) is 23.0 Å². The topological polar surface area (TPSA) is 38.1 Å². The second-order valence-electron chi connectivity index (χ2n) is 3.30. The highest BCUT2D eigenvalue weighted by atomic mass is 32.1. The van der Waals surface area contributed by atoms with Gasteiger partial charge in [-0.15, -0.1) is 10.2 Å². The summed E-state index contributed by atoms with van der Waals surface area (Å²) < 4.78 is 0. The molecule has 0 saturated heterocycles. The van der Waals surface area contributed by atoms with E-state index in [9.17, 15) is 0 Å². The Morgan fingerprint density at radius 3 is 2.67 bits per heavy atom. The molecule has 1 aromatic heterocycles. The van der Waals surface area contributed by atoms with Crippen LogP contribution >= 0.6 is 11.3 Å². The minimum absolute atomic E-state index is 0.415. The Morgan fingerprint density at radius 2 is 2.20 bits per heavy atom. The summed E-state index contributed by atoms with van der Waals surface area (Å²) >= 11 is 1.59. The third-order valence-electron chi connectivity index (χ3n) is 1.78. The van der Waals surface area contributed by atoms with Crippen molar-refractivity contribution in [1.82, 2.24) is 10.2 Å². The van der Waals surface area contributed by atoms with Gasteiger partial charge in [-0.2, -0.15) is 0 Å². The molecule has 0 aliphatic carbocycles. The van der Waals surface area contributed by atoms with Gasteiger partial charge in [-0.25, -0.2) is 0 Å². The molecule has 0 bridgehead atoms. The average molecular weight is 221 g/mol. The van der Waals surface area contributed by atoms with E-state index >= 15 is 0 Å². The first kappa shape index (κ1) is 11.8. The third-order valence-corrected chi connectivity index (χ3v) is 3.03. The van der Waals surface area contributed by atoms with E-state index in [2.05, 4.69) is 35.6 Å². The lowest BCUT2D eigenvalue weighted by Gasteiger charge is -1.94. The van der Waals surface area contributed by atoms with Crippen molar-refractivity contribution in [2.24, 2.45) is 4.99 Å². The molecular weight excluding hydrogens is 206 g/mol. The number of rotatable bonds is 4. The third kappa shape index (κ3) is 3.09. The molecule has 0 fully saturated rings. The van der Waals surface area contributed by atoms with Crippen molar-refractivity contribution in [3.8, 4) is 0 Å². The zero-order valence-corrected chi connectivity index (χ0v) is 10.1. The Bertz CT molecular complexity index is 388. The lowest BCUT2D eigenvalue weighted by Crippen LogP contribution is -1.95. The number of aromatic nitrogens is 2. The van der Waals surface area contributed by atoms with Crippen LogP contribution in [0.5, 0.6) is 0 Å². The molecule has 0 unspecified atom stereocenters. The molecular formula is C11H15N3S. The van der Waals surface area contributed by atoms with E-state index < -0.39 is 0 Å². The predicted molar refractivity (Wildman–Crippen MR) is 65.8 cm³/mol. The minimum atomic E-state index is 0.415.